The first-order chi connectivity index (χ1) is 19.7. The molecule has 0 aromatic heterocycles. The number of benzene rings is 2. The van der Waals surface area contributed by atoms with Gasteiger partial charge in [-0.2, -0.15) is 10.2 Å². The lowest BCUT2D eigenvalue weighted by Gasteiger charge is -2.26. The number of nitrogens with one attached hydrogen (secondary N) is 1. The molecule has 228 valence electrons. The third-order valence-corrected chi connectivity index (χ3v) is 5.69. The normalized spacial score (nSPS) is 11.2. The Hall–Kier alpha value is -4.68. The predicted octanol–water partition coefficient (Wildman–Crippen LogP) is 5.23. The fraction of sp³-hybridized carbons (Fsp3) is 0.448. The Morgan fingerprint density at radius 2 is 1.48 bits per heavy atom. The van der Waals surface area contributed by atoms with Gasteiger partial charge in [-0.3, -0.25) is 9.59 Å². The highest BCUT2D eigenvalue weighted by Crippen LogP contribution is 2.25. The molecule has 2 aromatic carbocycles. The molecule has 0 radical (unpaired) electrons. The maximum absolute atomic E-state index is 12.4. The smallest absolute Gasteiger partial charge is 0.410 e. The molecule has 2 aromatic rings. The van der Waals surface area contributed by atoms with E-state index in [2.05, 4.69) is 15.5 Å². The van der Waals surface area contributed by atoms with Crippen LogP contribution in [-0.2, 0) is 20.9 Å². The lowest BCUT2D eigenvalue weighted by molar-refractivity contribution is -0.137. The van der Waals surface area contributed by atoms with Crippen LogP contribution in [0.3, 0.4) is 0 Å². The molecule has 0 saturated carbocycles. The number of carbonyl (C=O) groups excluding carboxylic acids is 3. The van der Waals surface area contributed by atoms with Gasteiger partial charge in [-0.05, 0) is 69.5 Å². The van der Waals surface area contributed by atoms with E-state index in [0.29, 0.717) is 24.2 Å². The average Bonchev–Trinajstić information content (AvgIpc) is 2.93. The van der Waals surface area contributed by atoms with Crippen LogP contribution in [0.15, 0.2) is 52.7 Å². The molecule has 0 unspecified atom stereocenters. The summed E-state index contributed by atoms with van der Waals surface area (Å²) in [7, 11) is 3.18. The molecule has 0 atom stereocenters. The standard InChI is InChI=1S/C29H39N5O8/c1-29(2,3)42-28(40)34(5)17-16-33(4)27(39)41-19-20-9-11-21(12-10-20)31-32-22-13-14-24(35)23(18-22)26(38)30-15-7-6-8-25(36)37/h9-14,18,35H,6-8,15-17,19H2,1-5H3,(H,30,38)(H,36,37)/b32-31+. The molecule has 0 fully saturated rings. The maximum atomic E-state index is 12.4. The van der Waals surface area contributed by atoms with Crippen LogP contribution in [-0.4, -0.2) is 83.4 Å². The van der Waals surface area contributed by atoms with Crippen molar-refractivity contribution in [2.75, 3.05) is 33.7 Å². The Balaban J connectivity index is 1.84. The molecule has 13 heteroatoms. The zero-order valence-electron chi connectivity index (χ0n) is 24.6. The number of hydrogen-bond donors (Lipinski definition) is 3. The number of phenolic OH excluding ortho intramolecular Hbond substituents is 1. The number of likely N-dealkylation sites (N-methyl/N-ethyl adjacent to an activating group) is 2. The summed E-state index contributed by atoms with van der Waals surface area (Å²) in [5.74, 6) is -1.60. The van der Waals surface area contributed by atoms with Gasteiger partial charge in [0.05, 0.1) is 16.9 Å². The highest BCUT2D eigenvalue weighted by Gasteiger charge is 2.20. The first-order valence-corrected chi connectivity index (χ1v) is 13.4. The van der Waals surface area contributed by atoms with Crippen LogP contribution in [0.2, 0.25) is 0 Å². The number of carbonyl (C=O) groups is 4. The van der Waals surface area contributed by atoms with E-state index in [1.54, 1.807) is 59.1 Å². The van der Waals surface area contributed by atoms with Gasteiger partial charge >= 0.3 is 18.2 Å². The zero-order valence-corrected chi connectivity index (χ0v) is 24.6. The van der Waals surface area contributed by atoms with E-state index in [1.807, 2.05) is 0 Å². The number of rotatable bonds is 13. The third-order valence-electron chi connectivity index (χ3n) is 5.69. The van der Waals surface area contributed by atoms with Crippen LogP contribution in [0, 0.1) is 0 Å². The minimum absolute atomic E-state index is 0.0250. The number of azo groups is 1. The number of amides is 3. The van der Waals surface area contributed by atoms with E-state index in [-0.39, 0.29) is 44.0 Å². The second-order valence-corrected chi connectivity index (χ2v) is 10.6. The number of hydrogen-bond acceptors (Lipinski definition) is 9. The summed E-state index contributed by atoms with van der Waals surface area (Å²) in [5.41, 5.74) is 1.02. The molecule has 42 heavy (non-hydrogen) atoms. The van der Waals surface area contributed by atoms with Gasteiger partial charge in [0, 0.05) is 40.2 Å². The molecule has 0 spiro atoms. The van der Waals surface area contributed by atoms with Gasteiger partial charge in [-0.25, -0.2) is 9.59 Å². The lowest BCUT2D eigenvalue weighted by atomic mass is 10.1. The topological polar surface area (TPSA) is 170 Å². The summed E-state index contributed by atoms with van der Waals surface area (Å²) in [4.78, 5) is 50.1. The highest BCUT2D eigenvalue weighted by molar-refractivity contribution is 5.97. The van der Waals surface area contributed by atoms with Crippen molar-refractivity contribution >= 4 is 35.4 Å². The van der Waals surface area contributed by atoms with Gasteiger partial charge in [-0.1, -0.05) is 12.1 Å². The highest BCUT2D eigenvalue weighted by atomic mass is 16.6. The van der Waals surface area contributed by atoms with Crippen molar-refractivity contribution in [2.24, 2.45) is 10.2 Å². The number of aromatic hydroxyl groups is 1. The molecule has 0 heterocycles. The fourth-order valence-electron chi connectivity index (χ4n) is 3.32. The Labute approximate surface area is 245 Å². The van der Waals surface area contributed by atoms with E-state index in [0.717, 1.165) is 5.56 Å². The summed E-state index contributed by atoms with van der Waals surface area (Å²) < 4.78 is 10.6. The minimum atomic E-state index is -0.892. The summed E-state index contributed by atoms with van der Waals surface area (Å²) in [6.45, 7) is 6.20. The van der Waals surface area contributed by atoms with Crippen molar-refractivity contribution in [3.8, 4) is 5.75 Å². The van der Waals surface area contributed by atoms with Crippen molar-refractivity contribution in [1.29, 1.82) is 0 Å². The average molecular weight is 586 g/mol. The van der Waals surface area contributed by atoms with E-state index >= 15 is 0 Å². The van der Waals surface area contributed by atoms with Gasteiger partial charge < -0.3 is 34.8 Å². The van der Waals surface area contributed by atoms with Gasteiger partial charge in [0.2, 0.25) is 0 Å². The monoisotopic (exact) mass is 585 g/mol. The molecular weight excluding hydrogens is 546 g/mol. The van der Waals surface area contributed by atoms with E-state index in [4.69, 9.17) is 14.6 Å². The van der Waals surface area contributed by atoms with Crippen LogP contribution < -0.4 is 5.32 Å². The lowest BCUT2D eigenvalue weighted by Crippen LogP contribution is -2.40. The minimum Gasteiger partial charge on any atom is -0.507 e. The van der Waals surface area contributed by atoms with E-state index in [1.165, 1.54) is 28.0 Å². The van der Waals surface area contributed by atoms with Crippen LogP contribution in [0.1, 0.15) is 56.0 Å². The third kappa shape index (κ3) is 12.2. The Morgan fingerprint density at radius 3 is 2.10 bits per heavy atom. The predicted molar refractivity (Wildman–Crippen MR) is 154 cm³/mol. The SMILES string of the molecule is CN(CCN(C)C(=O)OC(C)(C)C)C(=O)OCc1ccc(/N=N/c2ccc(O)c(C(=O)NCCCCC(=O)O)c2)cc1. The molecule has 0 saturated heterocycles. The fourth-order valence-corrected chi connectivity index (χ4v) is 3.32. The van der Waals surface area contributed by atoms with Gasteiger partial charge in [0.15, 0.2) is 0 Å². The van der Waals surface area contributed by atoms with Gasteiger partial charge in [0.25, 0.3) is 5.91 Å². The van der Waals surface area contributed by atoms with Crippen LogP contribution in [0.25, 0.3) is 0 Å². The largest absolute Gasteiger partial charge is 0.507 e. The van der Waals surface area contributed by atoms with Gasteiger partial charge in [0.1, 0.15) is 18.0 Å². The summed E-state index contributed by atoms with van der Waals surface area (Å²) in [6, 6.07) is 11.1. The number of unbranched alkanes of at least 4 members (excludes halogenated alkanes) is 1. The van der Waals surface area contributed by atoms with Gasteiger partial charge in [-0.15, -0.1) is 0 Å². The molecule has 0 aliphatic carbocycles. The number of nitrogens with zero attached hydrogens (tertiary/aromatic N) is 4. The quantitative estimate of drug-likeness (QED) is 0.212. The molecule has 3 N–H and O–H groups in total. The number of ether oxygens (including phenoxy) is 2. The maximum Gasteiger partial charge on any atom is 0.410 e. The van der Waals surface area contributed by atoms with Crippen molar-refractivity contribution < 1.29 is 38.9 Å². The van der Waals surface area contributed by atoms with E-state index in [9.17, 15) is 24.3 Å². The molecule has 0 bridgehead atoms. The number of phenols is 1. The van der Waals surface area contributed by atoms with E-state index < -0.39 is 29.7 Å². The molecule has 2 rings (SSSR count). The number of aliphatic carboxylic acids is 1. The second kappa shape index (κ2) is 15.9. The molecule has 0 aliphatic heterocycles. The Morgan fingerprint density at radius 1 is 0.881 bits per heavy atom. The van der Waals surface area contributed by atoms with Crippen LogP contribution in [0.4, 0.5) is 21.0 Å². The molecular formula is C29H39N5O8. The zero-order chi connectivity index (χ0) is 31.3. The van der Waals surface area contributed by atoms with Crippen LogP contribution >= 0.6 is 0 Å². The summed E-state index contributed by atoms with van der Waals surface area (Å²) in [5, 5.41) is 29.7. The van der Waals surface area contributed by atoms with Crippen molar-refractivity contribution in [1.82, 2.24) is 15.1 Å². The number of carboxylic acid groups (broad SMARTS) is 1. The number of carboxylic acids is 1. The van der Waals surface area contributed by atoms with Crippen molar-refractivity contribution in [2.45, 2.75) is 52.2 Å². The summed E-state index contributed by atoms with van der Waals surface area (Å²) >= 11 is 0. The Bertz CT molecular complexity index is 1260. The Kier molecular flexibility index (Phi) is 12.7. The molecule has 13 nitrogen and oxygen atoms in total. The van der Waals surface area contributed by atoms with Crippen molar-refractivity contribution in [3.63, 3.8) is 0 Å². The van der Waals surface area contributed by atoms with Crippen molar-refractivity contribution in [3.05, 3.63) is 53.6 Å². The molecule has 3 amide bonds. The first kappa shape index (κ1) is 33.5. The second-order valence-electron chi connectivity index (χ2n) is 10.6. The molecule has 0 aliphatic rings. The summed E-state index contributed by atoms with van der Waals surface area (Å²) in [6.07, 6.45) is -0.0544. The van der Waals surface area contributed by atoms with Crippen LogP contribution in [0.5, 0.6) is 5.75 Å². The first-order valence-electron chi connectivity index (χ1n) is 13.4.